The van der Waals surface area contributed by atoms with Gasteiger partial charge in [0.15, 0.2) is 5.60 Å². The molecule has 0 aromatic carbocycles. The number of rotatable bonds is 1. The zero-order valence-electron chi connectivity index (χ0n) is 14.6. The Morgan fingerprint density at radius 3 is 2.88 bits per heavy atom. The van der Waals surface area contributed by atoms with Gasteiger partial charge < -0.3 is 19.7 Å². The summed E-state index contributed by atoms with van der Waals surface area (Å²) >= 11 is 0. The molecule has 138 valence electrons. The van der Waals surface area contributed by atoms with E-state index in [1.54, 1.807) is 19.9 Å². The van der Waals surface area contributed by atoms with E-state index in [0.717, 1.165) is 25.1 Å². The second-order valence-corrected chi connectivity index (χ2v) is 7.03. The number of esters is 2. The Morgan fingerprint density at radius 2 is 2.20 bits per heavy atom. The largest absolute Gasteiger partial charge is 0.459 e. The lowest BCUT2D eigenvalue weighted by Crippen LogP contribution is -2.50. The van der Waals surface area contributed by atoms with Crippen molar-refractivity contribution in [3.63, 3.8) is 0 Å². The van der Waals surface area contributed by atoms with Gasteiger partial charge in [-0.1, -0.05) is 19.1 Å². The van der Waals surface area contributed by atoms with Crippen molar-refractivity contribution in [2.75, 3.05) is 26.3 Å². The van der Waals surface area contributed by atoms with Gasteiger partial charge in [-0.05, 0) is 25.3 Å². The van der Waals surface area contributed by atoms with Crippen LogP contribution < -0.4 is 0 Å². The van der Waals surface area contributed by atoms with Crippen molar-refractivity contribution in [1.29, 1.82) is 0 Å². The van der Waals surface area contributed by atoms with Crippen LogP contribution in [0.15, 0.2) is 23.3 Å². The molecule has 2 saturated heterocycles. The first-order chi connectivity index (χ1) is 11.9. The van der Waals surface area contributed by atoms with Gasteiger partial charge in [-0.15, -0.1) is 0 Å². The fraction of sp³-hybridized carbons (Fsp3) is 0.667. The normalized spacial score (nSPS) is 38.5. The van der Waals surface area contributed by atoms with E-state index in [2.05, 4.69) is 4.90 Å². The molecule has 7 heteroatoms. The second-order valence-electron chi connectivity index (χ2n) is 7.03. The number of hydrogen-bond donors (Lipinski definition) is 2. The number of hydrogen-bond acceptors (Lipinski definition) is 7. The molecular formula is C18H25NO6. The van der Waals surface area contributed by atoms with Crippen molar-refractivity contribution in [3.05, 3.63) is 23.3 Å². The monoisotopic (exact) mass is 351 g/mol. The summed E-state index contributed by atoms with van der Waals surface area (Å²) < 4.78 is 11.1. The number of carbonyl (C=O) groups excluding carboxylic acids is 2. The van der Waals surface area contributed by atoms with E-state index in [9.17, 15) is 19.8 Å². The van der Waals surface area contributed by atoms with E-state index in [1.165, 1.54) is 0 Å². The molecule has 0 bridgehead atoms. The lowest BCUT2D eigenvalue weighted by Gasteiger charge is -2.32. The Hall–Kier alpha value is -1.70. The summed E-state index contributed by atoms with van der Waals surface area (Å²) in [7, 11) is 0. The third kappa shape index (κ3) is 3.12. The van der Waals surface area contributed by atoms with Crippen LogP contribution in [0.5, 0.6) is 0 Å². The molecule has 0 aromatic rings. The smallest absolute Gasteiger partial charge is 0.341 e. The van der Waals surface area contributed by atoms with E-state index in [4.69, 9.17) is 9.47 Å². The summed E-state index contributed by atoms with van der Waals surface area (Å²) in [6.45, 7) is 4.12. The number of allylic oxidation sites excluding steroid dienone is 1. The molecule has 25 heavy (non-hydrogen) atoms. The molecule has 7 nitrogen and oxygen atoms in total. The predicted molar refractivity (Wildman–Crippen MR) is 88.5 cm³/mol. The fourth-order valence-electron chi connectivity index (χ4n) is 3.85. The van der Waals surface area contributed by atoms with Gasteiger partial charge >= 0.3 is 11.9 Å². The van der Waals surface area contributed by atoms with Gasteiger partial charge in [-0.25, -0.2) is 9.59 Å². The van der Waals surface area contributed by atoms with Crippen LogP contribution in [-0.4, -0.2) is 71.1 Å². The quantitative estimate of drug-likeness (QED) is 0.395. The molecule has 3 heterocycles. The van der Waals surface area contributed by atoms with Gasteiger partial charge in [0.05, 0.1) is 12.6 Å². The number of nitrogens with zero attached hydrogens (tertiary/aromatic N) is 1. The van der Waals surface area contributed by atoms with Gasteiger partial charge in [-0.2, -0.15) is 0 Å². The van der Waals surface area contributed by atoms with Crippen LogP contribution in [0.25, 0.3) is 0 Å². The van der Waals surface area contributed by atoms with Crippen LogP contribution in [0.1, 0.15) is 26.7 Å². The van der Waals surface area contributed by atoms with Gasteiger partial charge in [0, 0.05) is 24.6 Å². The van der Waals surface area contributed by atoms with Gasteiger partial charge in [0.1, 0.15) is 12.7 Å². The van der Waals surface area contributed by atoms with E-state index >= 15 is 0 Å². The van der Waals surface area contributed by atoms with Gasteiger partial charge in [0.2, 0.25) is 0 Å². The number of carbonyl (C=O) groups is 2. The van der Waals surface area contributed by atoms with E-state index in [1.807, 2.05) is 6.08 Å². The first kappa shape index (κ1) is 18.1. The van der Waals surface area contributed by atoms with Crippen molar-refractivity contribution in [3.8, 4) is 0 Å². The minimum Gasteiger partial charge on any atom is -0.459 e. The highest BCUT2D eigenvalue weighted by Crippen LogP contribution is 2.34. The highest BCUT2D eigenvalue weighted by molar-refractivity contribution is 5.89. The van der Waals surface area contributed by atoms with Crippen LogP contribution in [0.4, 0.5) is 0 Å². The SMILES string of the molecule is C/C=C1\C[C@@H](C)[C@@](O)(CO)C(=O)OCC2=CCN3CC[C@@H](OC1=O)C23. The molecule has 0 amide bonds. The molecule has 0 aliphatic carbocycles. The Labute approximate surface area is 146 Å². The lowest BCUT2D eigenvalue weighted by atomic mass is 9.84. The minimum absolute atomic E-state index is 0.0273. The maximum Gasteiger partial charge on any atom is 0.341 e. The molecular weight excluding hydrogens is 326 g/mol. The van der Waals surface area contributed by atoms with Gasteiger partial charge in [-0.3, -0.25) is 4.90 Å². The number of aliphatic hydroxyl groups is 2. The summed E-state index contributed by atoms with van der Waals surface area (Å²) in [6, 6.07) is -0.0890. The Morgan fingerprint density at radius 1 is 1.44 bits per heavy atom. The summed E-state index contributed by atoms with van der Waals surface area (Å²) in [5.41, 5.74) is -0.796. The highest BCUT2D eigenvalue weighted by atomic mass is 16.6. The van der Waals surface area contributed by atoms with Gasteiger partial charge in [0.25, 0.3) is 0 Å². The van der Waals surface area contributed by atoms with Crippen LogP contribution in [0, 0.1) is 5.92 Å². The first-order valence-electron chi connectivity index (χ1n) is 8.70. The standard InChI is InChI=1S/C18H25NO6/c1-3-12-8-11(2)18(23,10-20)17(22)24-9-13-4-6-19-7-5-14(15(13)19)25-16(12)21/h3-4,11,14-15,20,23H,5-10H2,1-2H3/b12-3+/t11-,14-,15?,18+/m1/s1. The number of aliphatic hydroxyl groups excluding tert-OH is 1. The topological polar surface area (TPSA) is 96.3 Å². The first-order valence-corrected chi connectivity index (χ1v) is 8.70. The summed E-state index contributed by atoms with van der Waals surface area (Å²) in [5.74, 6) is -1.99. The Bertz CT molecular complexity index is 627. The summed E-state index contributed by atoms with van der Waals surface area (Å²) in [6.07, 6.45) is 4.20. The van der Waals surface area contributed by atoms with E-state index in [-0.39, 0.29) is 25.2 Å². The lowest BCUT2D eigenvalue weighted by molar-refractivity contribution is -0.176. The second kappa shape index (κ2) is 6.90. The van der Waals surface area contributed by atoms with Crippen LogP contribution in [-0.2, 0) is 19.1 Å². The van der Waals surface area contributed by atoms with Crippen molar-refractivity contribution >= 4 is 11.9 Å². The predicted octanol–water partition coefficient (Wildman–Crippen LogP) is 0.165. The zero-order valence-corrected chi connectivity index (χ0v) is 14.6. The van der Waals surface area contributed by atoms with Crippen LogP contribution in [0.3, 0.4) is 0 Å². The fourth-order valence-corrected chi connectivity index (χ4v) is 3.85. The molecule has 1 unspecified atom stereocenters. The maximum absolute atomic E-state index is 12.6. The molecule has 4 atom stereocenters. The molecule has 2 fully saturated rings. The minimum atomic E-state index is -2.05. The molecule has 0 spiro atoms. The molecule has 0 saturated carbocycles. The van der Waals surface area contributed by atoms with E-state index in [0.29, 0.717) is 5.57 Å². The summed E-state index contributed by atoms with van der Waals surface area (Å²) in [4.78, 5) is 27.2. The molecule has 0 aromatic heterocycles. The molecule has 2 N–H and O–H groups in total. The van der Waals surface area contributed by atoms with Crippen LogP contribution in [0.2, 0.25) is 0 Å². The maximum atomic E-state index is 12.6. The van der Waals surface area contributed by atoms with Crippen LogP contribution >= 0.6 is 0 Å². The molecule has 0 radical (unpaired) electrons. The zero-order chi connectivity index (χ0) is 18.2. The molecule has 3 aliphatic rings. The third-order valence-electron chi connectivity index (χ3n) is 5.59. The highest BCUT2D eigenvalue weighted by Gasteiger charge is 2.46. The van der Waals surface area contributed by atoms with Crippen molar-refractivity contribution in [2.24, 2.45) is 5.92 Å². The van der Waals surface area contributed by atoms with E-state index < -0.39 is 30.1 Å². The number of ether oxygens (including phenoxy) is 2. The average molecular weight is 351 g/mol. The van der Waals surface area contributed by atoms with Crippen molar-refractivity contribution in [2.45, 2.75) is 44.4 Å². The Kier molecular flexibility index (Phi) is 4.99. The summed E-state index contributed by atoms with van der Waals surface area (Å²) in [5, 5.41) is 20.2. The van der Waals surface area contributed by atoms with Crippen molar-refractivity contribution in [1.82, 2.24) is 4.90 Å². The third-order valence-corrected chi connectivity index (χ3v) is 5.59. The average Bonchev–Trinajstić information content (AvgIpc) is 3.18. The Balaban J connectivity index is 1.93. The number of cyclic esters (lactones) is 1. The van der Waals surface area contributed by atoms with Crippen molar-refractivity contribution < 1.29 is 29.3 Å². The molecule has 3 rings (SSSR count). The molecule has 3 aliphatic heterocycles.